The highest BCUT2D eigenvalue weighted by Crippen LogP contribution is 2.14. The smallest absolute Gasteiger partial charge is 0.251 e. The molecule has 1 amide bonds. The molecule has 0 saturated heterocycles. The molecule has 3 nitrogen and oxygen atoms in total. The first-order valence-corrected chi connectivity index (χ1v) is 6.31. The highest BCUT2D eigenvalue weighted by Gasteiger charge is 2.03. The number of rotatable bonds is 4. The average Bonchev–Trinajstić information content (AvgIpc) is 2.46. The van der Waals surface area contributed by atoms with Gasteiger partial charge in [0.05, 0.1) is 0 Å². The van der Waals surface area contributed by atoms with Gasteiger partial charge in [-0.2, -0.15) is 0 Å². The van der Waals surface area contributed by atoms with Gasteiger partial charge in [-0.15, -0.1) is 0 Å². The van der Waals surface area contributed by atoms with Crippen molar-refractivity contribution in [1.82, 2.24) is 5.32 Å². The van der Waals surface area contributed by atoms with Crippen LogP contribution in [0, 0.1) is 6.92 Å². The van der Waals surface area contributed by atoms with Crippen LogP contribution in [0.4, 0.5) is 5.69 Å². The first-order chi connectivity index (χ1) is 9.20. The van der Waals surface area contributed by atoms with Gasteiger partial charge in [-0.3, -0.25) is 4.79 Å². The molecule has 0 spiro atoms. The van der Waals surface area contributed by atoms with Gasteiger partial charge < -0.3 is 10.6 Å². The van der Waals surface area contributed by atoms with Crippen LogP contribution in [0.15, 0.2) is 48.5 Å². The molecule has 0 radical (unpaired) electrons. The van der Waals surface area contributed by atoms with Crippen molar-refractivity contribution in [2.24, 2.45) is 0 Å². The summed E-state index contributed by atoms with van der Waals surface area (Å²) >= 11 is 0. The summed E-state index contributed by atoms with van der Waals surface area (Å²) in [4.78, 5) is 11.6. The van der Waals surface area contributed by atoms with E-state index in [1.54, 1.807) is 13.1 Å². The number of aryl methyl sites for hydroxylation is 1. The first kappa shape index (κ1) is 13.1. The summed E-state index contributed by atoms with van der Waals surface area (Å²) in [5.41, 5.74) is 4.13. The molecule has 0 unspecified atom stereocenters. The van der Waals surface area contributed by atoms with E-state index in [1.165, 1.54) is 11.1 Å². The molecule has 2 rings (SSSR count). The Morgan fingerprint density at radius 1 is 1.11 bits per heavy atom. The molecule has 2 N–H and O–H groups in total. The van der Waals surface area contributed by atoms with Gasteiger partial charge >= 0.3 is 0 Å². The Labute approximate surface area is 113 Å². The third-order valence-corrected chi connectivity index (χ3v) is 3.10. The summed E-state index contributed by atoms with van der Waals surface area (Å²) in [6, 6.07) is 15.8. The van der Waals surface area contributed by atoms with Gasteiger partial charge in [0.1, 0.15) is 0 Å². The first-order valence-electron chi connectivity index (χ1n) is 6.31. The Kier molecular flexibility index (Phi) is 4.18. The lowest BCUT2D eigenvalue weighted by Crippen LogP contribution is -2.17. The normalized spacial score (nSPS) is 10.0. The van der Waals surface area contributed by atoms with E-state index in [9.17, 15) is 4.79 Å². The summed E-state index contributed by atoms with van der Waals surface area (Å²) in [6.07, 6.45) is 0. The fraction of sp³-hybridized carbons (Fsp3) is 0.188. The van der Waals surface area contributed by atoms with Crippen molar-refractivity contribution in [2.75, 3.05) is 12.4 Å². The van der Waals surface area contributed by atoms with E-state index in [4.69, 9.17) is 0 Å². The summed E-state index contributed by atoms with van der Waals surface area (Å²) in [7, 11) is 1.63. The zero-order valence-corrected chi connectivity index (χ0v) is 11.2. The molecule has 0 bridgehead atoms. The fourth-order valence-corrected chi connectivity index (χ4v) is 1.92. The predicted octanol–water partition coefficient (Wildman–Crippen LogP) is 2.97. The summed E-state index contributed by atoms with van der Waals surface area (Å²) in [5.74, 6) is -0.0699. The molecule has 98 valence electrons. The lowest BCUT2D eigenvalue weighted by Gasteiger charge is -2.10. The van der Waals surface area contributed by atoms with Crippen molar-refractivity contribution < 1.29 is 4.79 Å². The average molecular weight is 254 g/mol. The van der Waals surface area contributed by atoms with Crippen LogP contribution in [0.5, 0.6) is 0 Å². The van der Waals surface area contributed by atoms with Crippen LogP contribution in [-0.2, 0) is 6.54 Å². The lowest BCUT2D eigenvalue weighted by atomic mass is 10.1. The number of anilines is 1. The monoisotopic (exact) mass is 254 g/mol. The Balaban J connectivity index is 2.08. The SMILES string of the molecule is CNC(=O)c1cccc(NCc2ccccc2C)c1. The second-order valence-corrected chi connectivity index (χ2v) is 4.44. The predicted molar refractivity (Wildman–Crippen MR) is 78.3 cm³/mol. The molecule has 19 heavy (non-hydrogen) atoms. The standard InChI is InChI=1S/C16H18N2O/c1-12-6-3-4-7-14(12)11-18-15-9-5-8-13(10-15)16(19)17-2/h3-10,18H,11H2,1-2H3,(H,17,19). The van der Waals surface area contributed by atoms with Gasteiger partial charge in [-0.05, 0) is 36.2 Å². The number of benzene rings is 2. The van der Waals surface area contributed by atoms with Gasteiger partial charge in [0, 0.05) is 24.8 Å². The van der Waals surface area contributed by atoms with E-state index >= 15 is 0 Å². The van der Waals surface area contributed by atoms with Crippen LogP contribution in [0.25, 0.3) is 0 Å². The van der Waals surface area contributed by atoms with E-state index in [1.807, 2.05) is 30.3 Å². The summed E-state index contributed by atoms with van der Waals surface area (Å²) in [6.45, 7) is 2.85. The van der Waals surface area contributed by atoms with Gasteiger partial charge in [-0.1, -0.05) is 30.3 Å². The molecule has 2 aromatic rings. The Hall–Kier alpha value is -2.29. The minimum Gasteiger partial charge on any atom is -0.381 e. The molecule has 0 aliphatic heterocycles. The van der Waals surface area contributed by atoms with Crippen LogP contribution >= 0.6 is 0 Å². The van der Waals surface area contributed by atoms with Crippen LogP contribution < -0.4 is 10.6 Å². The minimum absolute atomic E-state index is 0.0699. The number of hydrogen-bond acceptors (Lipinski definition) is 2. The van der Waals surface area contributed by atoms with Crippen molar-refractivity contribution in [2.45, 2.75) is 13.5 Å². The second-order valence-electron chi connectivity index (χ2n) is 4.44. The lowest BCUT2D eigenvalue weighted by molar-refractivity contribution is 0.0963. The third kappa shape index (κ3) is 3.35. The molecule has 0 heterocycles. The van der Waals surface area contributed by atoms with Crippen molar-refractivity contribution in [3.8, 4) is 0 Å². The molecule has 0 fully saturated rings. The maximum absolute atomic E-state index is 11.6. The van der Waals surface area contributed by atoms with Crippen LogP contribution in [0.1, 0.15) is 21.5 Å². The van der Waals surface area contributed by atoms with Gasteiger partial charge in [0.2, 0.25) is 0 Å². The molecule has 0 aliphatic carbocycles. The molecule has 2 aromatic carbocycles. The number of amides is 1. The van der Waals surface area contributed by atoms with E-state index in [-0.39, 0.29) is 5.91 Å². The zero-order valence-electron chi connectivity index (χ0n) is 11.2. The van der Waals surface area contributed by atoms with Crippen molar-refractivity contribution in [3.05, 3.63) is 65.2 Å². The van der Waals surface area contributed by atoms with E-state index in [0.717, 1.165) is 12.2 Å². The number of hydrogen-bond donors (Lipinski definition) is 2. The molecule has 0 aromatic heterocycles. The van der Waals surface area contributed by atoms with Gasteiger partial charge in [0.15, 0.2) is 0 Å². The number of carbonyl (C=O) groups excluding carboxylic acids is 1. The van der Waals surface area contributed by atoms with Crippen LogP contribution in [0.2, 0.25) is 0 Å². The highest BCUT2D eigenvalue weighted by molar-refractivity contribution is 5.94. The number of carbonyl (C=O) groups is 1. The van der Waals surface area contributed by atoms with Crippen molar-refractivity contribution >= 4 is 11.6 Å². The van der Waals surface area contributed by atoms with Gasteiger partial charge in [0.25, 0.3) is 5.91 Å². The highest BCUT2D eigenvalue weighted by atomic mass is 16.1. The largest absolute Gasteiger partial charge is 0.381 e. The molecule has 0 aliphatic rings. The van der Waals surface area contributed by atoms with E-state index in [0.29, 0.717) is 5.56 Å². The molecule has 0 saturated carbocycles. The minimum atomic E-state index is -0.0699. The van der Waals surface area contributed by atoms with Crippen LogP contribution in [-0.4, -0.2) is 13.0 Å². The topological polar surface area (TPSA) is 41.1 Å². The quantitative estimate of drug-likeness (QED) is 0.880. The number of nitrogens with one attached hydrogen (secondary N) is 2. The second kappa shape index (κ2) is 6.05. The maximum atomic E-state index is 11.6. The Morgan fingerprint density at radius 3 is 2.63 bits per heavy atom. The molecule has 0 atom stereocenters. The zero-order chi connectivity index (χ0) is 13.7. The summed E-state index contributed by atoms with van der Waals surface area (Å²) < 4.78 is 0. The molecular formula is C16H18N2O. The van der Waals surface area contributed by atoms with Crippen molar-refractivity contribution in [1.29, 1.82) is 0 Å². The van der Waals surface area contributed by atoms with Gasteiger partial charge in [-0.25, -0.2) is 0 Å². The fourth-order valence-electron chi connectivity index (χ4n) is 1.92. The van der Waals surface area contributed by atoms with E-state index < -0.39 is 0 Å². The Bertz CT molecular complexity index is 578. The Morgan fingerprint density at radius 2 is 1.89 bits per heavy atom. The molecule has 3 heteroatoms. The van der Waals surface area contributed by atoms with E-state index in [2.05, 4.69) is 29.7 Å². The maximum Gasteiger partial charge on any atom is 0.251 e. The third-order valence-electron chi connectivity index (χ3n) is 3.10. The van der Waals surface area contributed by atoms with Crippen LogP contribution in [0.3, 0.4) is 0 Å². The van der Waals surface area contributed by atoms with Crippen molar-refractivity contribution in [3.63, 3.8) is 0 Å². The summed E-state index contributed by atoms with van der Waals surface area (Å²) in [5, 5.41) is 5.97. The molecular weight excluding hydrogens is 236 g/mol.